The Bertz CT molecular complexity index is 1090. The summed E-state index contributed by atoms with van der Waals surface area (Å²) in [6.07, 6.45) is 8.82. The molecule has 3 fully saturated rings. The van der Waals surface area contributed by atoms with Crippen LogP contribution in [-0.2, 0) is 26.4 Å². The summed E-state index contributed by atoms with van der Waals surface area (Å²) in [6, 6.07) is -0.184. The molecule has 180 valence electrons. The molecule has 10 nitrogen and oxygen atoms in total. The average molecular weight is 497 g/mol. The largest absolute Gasteiger partial charge is 0.373 e. The minimum Gasteiger partial charge on any atom is -0.373 e. The fraction of sp³-hybridized carbons (Fsp3) is 0.667. The second-order valence-corrected chi connectivity index (χ2v) is 11.8. The van der Waals surface area contributed by atoms with Crippen molar-refractivity contribution in [3.8, 4) is 0 Å². The first kappa shape index (κ1) is 22.8. The Morgan fingerprint density at radius 2 is 1.94 bits per heavy atom. The number of hydrogen-bond acceptors (Lipinski definition) is 9. The Balaban J connectivity index is 1.21. The van der Waals surface area contributed by atoms with Gasteiger partial charge in [0.05, 0.1) is 54.9 Å². The second kappa shape index (κ2) is 9.36. The van der Waals surface area contributed by atoms with Crippen molar-refractivity contribution in [1.29, 1.82) is 0 Å². The molecule has 1 saturated carbocycles. The quantitative estimate of drug-likeness (QED) is 0.567. The molecular formula is C21H29ClN6O4S. The molecule has 2 aromatic heterocycles. The summed E-state index contributed by atoms with van der Waals surface area (Å²) in [6.45, 7) is 0.767. The topological polar surface area (TPSA) is 120 Å². The second-order valence-electron chi connectivity index (χ2n) is 9.25. The van der Waals surface area contributed by atoms with Crippen LogP contribution in [0.15, 0.2) is 18.6 Å². The van der Waals surface area contributed by atoms with Crippen LogP contribution < -0.4 is 10.6 Å². The number of halogens is 1. The Kier molecular flexibility index (Phi) is 6.47. The van der Waals surface area contributed by atoms with Crippen molar-refractivity contribution < 1.29 is 17.9 Å². The summed E-state index contributed by atoms with van der Waals surface area (Å²) < 4.78 is 39.2. The van der Waals surface area contributed by atoms with Crippen LogP contribution in [0.3, 0.4) is 0 Å². The number of hydrogen-bond donors (Lipinski definition) is 2. The van der Waals surface area contributed by atoms with Gasteiger partial charge in [-0.05, 0) is 18.8 Å². The van der Waals surface area contributed by atoms with Crippen LogP contribution in [0.1, 0.15) is 25.7 Å². The minimum absolute atomic E-state index is 0.116. The predicted octanol–water partition coefficient (Wildman–Crippen LogP) is 2.41. The van der Waals surface area contributed by atoms with Crippen molar-refractivity contribution in [3.05, 3.63) is 23.6 Å². The van der Waals surface area contributed by atoms with Crippen LogP contribution in [0.4, 0.5) is 17.5 Å². The highest BCUT2D eigenvalue weighted by Crippen LogP contribution is 2.35. The molecule has 4 atom stereocenters. The van der Waals surface area contributed by atoms with Gasteiger partial charge < -0.3 is 20.1 Å². The molecule has 2 unspecified atom stereocenters. The fourth-order valence-corrected chi connectivity index (χ4v) is 7.37. The lowest BCUT2D eigenvalue weighted by Crippen LogP contribution is -2.36. The van der Waals surface area contributed by atoms with Gasteiger partial charge in [0, 0.05) is 19.2 Å². The molecule has 2 N–H and O–H groups in total. The molecule has 5 rings (SSSR count). The molecule has 3 aliphatic rings. The molecule has 0 aromatic carbocycles. The number of nitrogens with one attached hydrogen (secondary N) is 2. The van der Waals surface area contributed by atoms with Gasteiger partial charge in [0.15, 0.2) is 15.7 Å². The van der Waals surface area contributed by atoms with Crippen LogP contribution in [0.25, 0.3) is 0 Å². The summed E-state index contributed by atoms with van der Waals surface area (Å²) in [5.41, 5.74) is 0.760. The molecule has 12 heteroatoms. The smallest absolute Gasteiger partial charge is 0.229 e. The van der Waals surface area contributed by atoms with Gasteiger partial charge in [0.2, 0.25) is 5.95 Å². The van der Waals surface area contributed by atoms with E-state index in [9.17, 15) is 8.42 Å². The average Bonchev–Trinajstić information content (AvgIpc) is 3.54. The van der Waals surface area contributed by atoms with Crippen LogP contribution in [0.5, 0.6) is 0 Å². The minimum atomic E-state index is -3.14. The number of rotatable bonds is 8. The third-order valence-corrected chi connectivity index (χ3v) is 8.81. The van der Waals surface area contributed by atoms with Crippen LogP contribution in [0.2, 0.25) is 5.02 Å². The van der Waals surface area contributed by atoms with Crippen molar-refractivity contribution in [2.24, 2.45) is 18.9 Å². The van der Waals surface area contributed by atoms with E-state index in [0.29, 0.717) is 35.9 Å². The maximum Gasteiger partial charge on any atom is 0.229 e. The number of anilines is 3. The van der Waals surface area contributed by atoms with Crippen molar-refractivity contribution in [3.63, 3.8) is 0 Å². The van der Waals surface area contributed by atoms with Gasteiger partial charge in [-0.15, -0.1) is 0 Å². The van der Waals surface area contributed by atoms with E-state index in [1.807, 2.05) is 13.2 Å². The molecule has 2 aromatic rings. The van der Waals surface area contributed by atoms with Gasteiger partial charge in [-0.1, -0.05) is 24.4 Å². The van der Waals surface area contributed by atoms with E-state index in [1.165, 1.54) is 6.20 Å². The summed E-state index contributed by atoms with van der Waals surface area (Å²) in [4.78, 5) is 8.70. The lowest BCUT2D eigenvalue weighted by Gasteiger charge is -2.19. The molecule has 2 aliphatic heterocycles. The molecule has 4 heterocycles. The molecule has 0 spiro atoms. The number of sulfone groups is 1. The van der Waals surface area contributed by atoms with Crippen molar-refractivity contribution in [2.75, 3.05) is 35.4 Å². The summed E-state index contributed by atoms with van der Waals surface area (Å²) in [5, 5.41) is 10.9. The Morgan fingerprint density at radius 1 is 1.15 bits per heavy atom. The molecule has 0 bridgehead atoms. The molecule has 0 amide bonds. The zero-order valence-corrected chi connectivity index (χ0v) is 20.1. The molecule has 1 aliphatic carbocycles. The van der Waals surface area contributed by atoms with E-state index in [2.05, 4.69) is 25.7 Å². The number of ether oxygens (including phenoxy) is 2. The van der Waals surface area contributed by atoms with Gasteiger partial charge >= 0.3 is 0 Å². The zero-order valence-electron chi connectivity index (χ0n) is 18.5. The number of aromatic nitrogens is 4. The lowest BCUT2D eigenvalue weighted by atomic mass is 10.0. The van der Waals surface area contributed by atoms with Gasteiger partial charge in [-0.25, -0.2) is 13.4 Å². The first-order chi connectivity index (χ1) is 15.9. The lowest BCUT2D eigenvalue weighted by molar-refractivity contribution is 0.0656. The number of fused-ring (bicyclic) bond motifs is 1. The predicted molar refractivity (Wildman–Crippen MR) is 125 cm³/mol. The van der Waals surface area contributed by atoms with E-state index in [-0.39, 0.29) is 35.7 Å². The Morgan fingerprint density at radius 3 is 2.70 bits per heavy atom. The third-order valence-electron chi connectivity index (χ3n) is 6.62. The standard InChI is InChI=1S/C21H29ClN6O4S/c1-28-8-15(6-24-28)25-21-23-7-16(22)20(27-21)26-17-10-32-18-14(9-31-19(17)18)12-33(29,30)11-13-4-2-3-5-13/h6-8,13-14,17-19H,2-5,9-12H2,1H3,(H2,23,25,26,27)/t14-,17-,18?,19?/m1/s1. The maximum absolute atomic E-state index is 12.8. The van der Waals surface area contributed by atoms with Crippen molar-refractivity contribution in [2.45, 2.75) is 43.9 Å². The van der Waals surface area contributed by atoms with Gasteiger partial charge in [-0.3, -0.25) is 4.68 Å². The van der Waals surface area contributed by atoms with Crippen molar-refractivity contribution in [1.82, 2.24) is 19.7 Å². The Labute approximate surface area is 198 Å². The number of aryl methyl sites for hydroxylation is 1. The van der Waals surface area contributed by atoms with Crippen molar-refractivity contribution >= 4 is 38.9 Å². The number of nitrogens with zero attached hydrogens (tertiary/aromatic N) is 4. The van der Waals surface area contributed by atoms with Gasteiger partial charge in [0.25, 0.3) is 0 Å². The fourth-order valence-electron chi connectivity index (χ4n) is 5.09. The van der Waals surface area contributed by atoms with E-state index in [4.69, 9.17) is 21.1 Å². The van der Waals surface area contributed by atoms with Gasteiger partial charge in [0.1, 0.15) is 11.1 Å². The van der Waals surface area contributed by atoms with Crippen LogP contribution in [-0.4, -0.2) is 71.1 Å². The SMILES string of the molecule is Cn1cc(Nc2ncc(Cl)c(N[C@@H]3COC4C3OC[C@@H]4CS(=O)(=O)CC3CCCC3)n2)cn1. The highest BCUT2D eigenvalue weighted by atomic mass is 35.5. The molecule has 2 saturated heterocycles. The highest BCUT2D eigenvalue weighted by molar-refractivity contribution is 7.91. The van der Waals surface area contributed by atoms with Crippen LogP contribution in [0, 0.1) is 11.8 Å². The van der Waals surface area contributed by atoms with E-state index < -0.39 is 9.84 Å². The van der Waals surface area contributed by atoms with Gasteiger partial charge in [-0.2, -0.15) is 10.1 Å². The van der Waals surface area contributed by atoms with Crippen LogP contribution >= 0.6 is 11.6 Å². The van der Waals surface area contributed by atoms with E-state index in [1.54, 1.807) is 10.9 Å². The maximum atomic E-state index is 12.8. The first-order valence-electron chi connectivity index (χ1n) is 11.3. The van der Waals surface area contributed by atoms with E-state index >= 15 is 0 Å². The highest BCUT2D eigenvalue weighted by Gasteiger charge is 2.49. The summed E-state index contributed by atoms with van der Waals surface area (Å²) in [5.74, 6) is 1.40. The van der Waals surface area contributed by atoms with E-state index in [0.717, 1.165) is 31.4 Å². The monoisotopic (exact) mass is 496 g/mol. The summed E-state index contributed by atoms with van der Waals surface area (Å²) in [7, 11) is -1.32. The zero-order chi connectivity index (χ0) is 23.0. The summed E-state index contributed by atoms with van der Waals surface area (Å²) >= 11 is 6.33. The third kappa shape index (κ3) is 5.26. The Hall–Kier alpha value is -1.95. The molecule has 0 radical (unpaired) electrons. The normalized spacial score (nSPS) is 27.7. The first-order valence-corrected chi connectivity index (χ1v) is 13.5. The molecule has 33 heavy (non-hydrogen) atoms. The molecular weight excluding hydrogens is 468 g/mol.